The van der Waals surface area contributed by atoms with Crippen molar-refractivity contribution in [3.8, 4) is 17.2 Å². The van der Waals surface area contributed by atoms with Gasteiger partial charge in [0.2, 0.25) is 5.75 Å². The van der Waals surface area contributed by atoms with Gasteiger partial charge in [-0.2, -0.15) is 0 Å². The minimum absolute atomic E-state index is 0.217. The van der Waals surface area contributed by atoms with E-state index in [0.717, 1.165) is 12.8 Å². The summed E-state index contributed by atoms with van der Waals surface area (Å²) >= 11 is 0. The van der Waals surface area contributed by atoms with E-state index >= 15 is 0 Å². The molecule has 0 aliphatic carbocycles. The highest BCUT2D eigenvalue weighted by atomic mass is 16.5. The molecule has 0 aliphatic heterocycles. The number of unbranched alkanes of at least 4 members (excludes halogenated alkanes) is 1. The fraction of sp³-hybridized carbons (Fsp3) is 0.500. The molecule has 27 heavy (non-hydrogen) atoms. The van der Waals surface area contributed by atoms with Crippen molar-refractivity contribution in [1.82, 2.24) is 10.6 Å². The topological polar surface area (TPSA) is 112 Å². The summed E-state index contributed by atoms with van der Waals surface area (Å²) in [6, 6.07) is 2.92. The second kappa shape index (κ2) is 11.6. The van der Waals surface area contributed by atoms with E-state index in [0.29, 0.717) is 23.8 Å². The average Bonchev–Trinajstić information content (AvgIpc) is 2.69. The molecule has 0 aromatic heterocycles. The van der Waals surface area contributed by atoms with Gasteiger partial charge in [-0.3, -0.25) is 14.4 Å². The van der Waals surface area contributed by atoms with Gasteiger partial charge in [-0.25, -0.2) is 0 Å². The number of esters is 1. The predicted octanol–water partition coefficient (Wildman–Crippen LogP) is 0.902. The molecule has 0 spiro atoms. The zero-order valence-electron chi connectivity index (χ0n) is 16.0. The van der Waals surface area contributed by atoms with Crippen molar-refractivity contribution in [3.05, 3.63) is 17.7 Å². The molecule has 2 amide bonds. The van der Waals surface area contributed by atoms with Crippen molar-refractivity contribution < 1.29 is 33.3 Å². The molecule has 0 fully saturated rings. The van der Waals surface area contributed by atoms with Gasteiger partial charge in [0.05, 0.1) is 21.3 Å². The smallest absolute Gasteiger partial charge is 0.325 e. The third kappa shape index (κ3) is 7.04. The largest absolute Gasteiger partial charge is 0.493 e. The van der Waals surface area contributed by atoms with Crippen LogP contribution in [0.2, 0.25) is 0 Å². The lowest BCUT2D eigenvalue weighted by Crippen LogP contribution is -2.34. The van der Waals surface area contributed by atoms with Crippen LogP contribution < -0.4 is 24.8 Å². The zero-order valence-corrected chi connectivity index (χ0v) is 16.0. The highest BCUT2D eigenvalue weighted by molar-refractivity contribution is 5.97. The lowest BCUT2D eigenvalue weighted by molar-refractivity contribution is -0.147. The van der Waals surface area contributed by atoms with Gasteiger partial charge in [-0.1, -0.05) is 13.3 Å². The van der Waals surface area contributed by atoms with Crippen LogP contribution in [0, 0.1) is 0 Å². The standard InChI is InChI=1S/C18H26N2O7/c1-5-6-7-19-15(21)11-27-16(22)10-20-18(23)12-8-13(24-2)17(26-4)14(9-12)25-3/h8-9H,5-7,10-11H2,1-4H3,(H,19,21)(H,20,23). The van der Waals surface area contributed by atoms with Crippen molar-refractivity contribution >= 4 is 17.8 Å². The maximum atomic E-state index is 12.2. The van der Waals surface area contributed by atoms with Gasteiger partial charge in [0, 0.05) is 12.1 Å². The summed E-state index contributed by atoms with van der Waals surface area (Å²) in [5.74, 6) is -0.653. The zero-order chi connectivity index (χ0) is 20.2. The highest BCUT2D eigenvalue weighted by Crippen LogP contribution is 2.38. The maximum Gasteiger partial charge on any atom is 0.325 e. The predicted molar refractivity (Wildman–Crippen MR) is 97.3 cm³/mol. The fourth-order valence-electron chi connectivity index (χ4n) is 2.12. The van der Waals surface area contributed by atoms with Crippen molar-refractivity contribution in [1.29, 1.82) is 0 Å². The molecule has 0 radical (unpaired) electrons. The number of nitrogens with one attached hydrogen (secondary N) is 2. The summed E-state index contributed by atoms with van der Waals surface area (Å²) in [4.78, 5) is 35.4. The summed E-state index contributed by atoms with van der Waals surface area (Å²) in [7, 11) is 4.32. The quantitative estimate of drug-likeness (QED) is 0.432. The van der Waals surface area contributed by atoms with E-state index in [1.807, 2.05) is 6.92 Å². The number of rotatable bonds is 11. The van der Waals surface area contributed by atoms with Crippen LogP contribution in [-0.2, 0) is 14.3 Å². The number of amides is 2. The van der Waals surface area contributed by atoms with Gasteiger partial charge in [0.25, 0.3) is 11.8 Å². The molecule has 1 aromatic rings. The van der Waals surface area contributed by atoms with Gasteiger partial charge in [0.15, 0.2) is 18.1 Å². The van der Waals surface area contributed by atoms with Crippen molar-refractivity contribution in [2.45, 2.75) is 19.8 Å². The third-order valence-corrected chi connectivity index (χ3v) is 3.54. The Morgan fingerprint density at radius 1 is 0.963 bits per heavy atom. The Balaban J connectivity index is 2.57. The minimum atomic E-state index is -0.721. The Bertz CT molecular complexity index is 636. The van der Waals surface area contributed by atoms with Gasteiger partial charge in [-0.05, 0) is 18.6 Å². The Labute approximate surface area is 158 Å². The minimum Gasteiger partial charge on any atom is -0.493 e. The number of benzene rings is 1. The molecule has 0 unspecified atom stereocenters. The molecular weight excluding hydrogens is 356 g/mol. The van der Waals surface area contributed by atoms with E-state index < -0.39 is 11.9 Å². The highest BCUT2D eigenvalue weighted by Gasteiger charge is 2.17. The molecule has 0 atom stereocenters. The summed E-state index contributed by atoms with van der Waals surface area (Å²) < 4.78 is 20.4. The van der Waals surface area contributed by atoms with Crippen LogP contribution >= 0.6 is 0 Å². The second-order valence-corrected chi connectivity index (χ2v) is 5.46. The van der Waals surface area contributed by atoms with Crippen molar-refractivity contribution in [2.24, 2.45) is 0 Å². The number of hydrogen-bond donors (Lipinski definition) is 2. The molecule has 0 bridgehead atoms. The SMILES string of the molecule is CCCCNC(=O)COC(=O)CNC(=O)c1cc(OC)c(OC)c(OC)c1. The first kappa shape index (κ1) is 22.1. The molecule has 9 nitrogen and oxygen atoms in total. The lowest BCUT2D eigenvalue weighted by Gasteiger charge is -2.14. The van der Waals surface area contributed by atoms with Crippen LogP contribution in [0.15, 0.2) is 12.1 Å². The molecule has 0 saturated heterocycles. The first-order valence-corrected chi connectivity index (χ1v) is 8.47. The molecule has 150 valence electrons. The normalized spacial score (nSPS) is 9.93. The van der Waals surface area contributed by atoms with Crippen LogP contribution in [-0.4, -0.2) is 58.8 Å². The molecule has 1 rings (SSSR count). The Hall–Kier alpha value is -2.97. The maximum absolute atomic E-state index is 12.2. The fourth-order valence-corrected chi connectivity index (χ4v) is 2.12. The van der Waals surface area contributed by atoms with E-state index in [-0.39, 0.29) is 24.6 Å². The number of ether oxygens (including phenoxy) is 4. The van der Waals surface area contributed by atoms with Crippen molar-refractivity contribution in [2.75, 3.05) is 41.0 Å². The Morgan fingerprint density at radius 3 is 2.11 bits per heavy atom. The van der Waals surface area contributed by atoms with Gasteiger partial charge < -0.3 is 29.6 Å². The van der Waals surface area contributed by atoms with Crippen LogP contribution in [0.5, 0.6) is 17.2 Å². The second-order valence-electron chi connectivity index (χ2n) is 5.46. The summed E-state index contributed by atoms with van der Waals surface area (Å²) in [5, 5.41) is 5.04. The molecular formula is C18H26N2O7. The molecule has 0 heterocycles. The summed E-state index contributed by atoms with van der Waals surface area (Å²) in [6.07, 6.45) is 1.80. The third-order valence-electron chi connectivity index (χ3n) is 3.54. The van der Waals surface area contributed by atoms with Crippen LogP contribution in [0.3, 0.4) is 0 Å². The van der Waals surface area contributed by atoms with E-state index in [4.69, 9.17) is 18.9 Å². The lowest BCUT2D eigenvalue weighted by atomic mass is 10.1. The Morgan fingerprint density at radius 2 is 1.59 bits per heavy atom. The van der Waals surface area contributed by atoms with Crippen LogP contribution in [0.1, 0.15) is 30.1 Å². The molecule has 9 heteroatoms. The van der Waals surface area contributed by atoms with Gasteiger partial charge in [0.1, 0.15) is 6.54 Å². The monoisotopic (exact) mass is 382 g/mol. The van der Waals surface area contributed by atoms with Crippen LogP contribution in [0.4, 0.5) is 0 Å². The van der Waals surface area contributed by atoms with E-state index in [1.54, 1.807) is 0 Å². The molecule has 1 aromatic carbocycles. The summed E-state index contributed by atoms with van der Waals surface area (Å²) in [6.45, 7) is 1.77. The molecule has 0 aliphatic rings. The number of methoxy groups -OCH3 is 3. The van der Waals surface area contributed by atoms with E-state index in [9.17, 15) is 14.4 Å². The van der Waals surface area contributed by atoms with Crippen LogP contribution in [0.25, 0.3) is 0 Å². The number of hydrogen-bond acceptors (Lipinski definition) is 7. The number of carbonyl (C=O) groups is 3. The first-order chi connectivity index (χ1) is 13.0. The van der Waals surface area contributed by atoms with Gasteiger partial charge in [-0.15, -0.1) is 0 Å². The average molecular weight is 382 g/mol. The first-order valence-electron chi connectivity index (χ1n) is 8.47. The Kier molecular flexibility index (Phi) is 9.49. The van der Waals surface area contributed by atoms with Crippen molar-refractivity contribution in [3.63, 3.8) is 0 Å². The van der Waals surface area contributed by atoms with Gasteiger partial charge >= 0.3 is 5.97 Å². The van der Waals surface area contributed by atoms with E-state index in [1.165, 1.54) is 33.5 Å². The van der Waals surface area contributed by atoms with E-state index in [2.05, 4.69) is 10.6 Å². The molecule has 2 N–H and O–H groups in total. The molecule has 0 saturated carbocycles. The number of carbonyl (C=O) groups excluding carboxylic acids is 3. The summed E-state index contributed by atoms with van der Waals surface area (Å²) in [5.41, 5.74) is 0.217.